The Morgan fingerprint density at radius 1 is 0.659 bits per heavy atom. The molecule has 0 aromatic rings. The molecule has 41 heavy (non-hydrogen) atoms. The van der Waals surface area contributed by atoms with Gasteiger partial charge in [0.05, 0.1) is 52.9 Å². The Labute approximate surface area is 243 Å². The van der Waals surface area contributed by atoms with Gasteiger partial charge in [-0.05, 0) is 0 Å². The summed E-state index contributed by atoms with van der Waals surface area (Å²) in [7, 11) is 0. The molecular formula is C30H46O11. The van der Waals surface area contributed by atoms with E-state index in [2.05, 4.69) is 39.5 Å². The van der Waals surface area contributed by atoms with Crippen LogP contribution in [0, 0.1) is 0 Å². The minimum atomic E-state index is -1.63. The maximum absolute atomic E-state index is 10.9. The highest BCUT2D eigenvalue weighted by atomic mass is 16.8. The van der Waals surface area contributed by atoms with Gasteiger partial charge in [0.1, 0.15) is 49.3 Å². The minimum absolute atomic E-state index is 0.0959. The molecule has 2 rings (SSSR count). The van der Waals surface area contributed by atoms with Crippen molar-refractivity contribution in [2.24, 2.45) is 0 Å². The SMILES string of the molecule is C=CCOC[C@H]1O[C@@](COCC=C)(O[C@H]2O[C@H](CO)[C@@H](O)[C@H](OCC=C)[C@H]2OCC=C)[C@@H](OCC=C)[C@@H]1OCC=C. The molecule has 2 aliphatic rings. The molecule has 0 saturated carbocycles. The molecule has 2 N–H and O–H groups in total. The van der Waals surface area contributed by atoms with E-state index in [0.29, 0.717) is 0 Å². The number of aliphatic hydroxyl groups excluding tert-OH is 2. The van der Waals surface area contributed by atoms with E-state index in [-0.39, 0.29) is 52.9 Å². The van der Waals surface area contributed by atoms with E-state index in [1.807, 2.05) is 0 Å². The molecule has 232 valence electrons. The van der Waals surface area contributed by atoms with Crippen LogP contribution in [-0.2, 0) is 42.6 Å². The van der Waals surface area contributed by atoms with Crippen molar-refractivity contribution < 1.29 is 52.8 Å². The zero-order chi connectivity index (χ0) is 30.1. The van der Waals surface area contributed by atoms with Crippen LogP contribution in [0.15, 0.2) is 75.9 Å². The van der Waals surface area contributed by atoms with Gasteiger partial charge in [-0.25, -0.2) is 0 Å². The van der Waals surface area contributed by atoms with E-state index in [1.54, 1.807) is 30.4 Å². The third-order valence-corrected chi connectivity index (χ3v) is 6.23. The van der Waals surface area contributed by atoms with Crippen molar-refractivity contribution in [3.63, 3.8) is 0 Å². The summed E-state index contributed by atoms with van der Waals surface area (Å²) in [5.74, 6) is -1.63. The van der Waals surface area contributed by atoms with Crippen LogP contribution >= 0.6 is 0 Å². The fraction of sp³-hybridized carbons (Fsp3) is 0.600. The molecule has 0 aromatic carbocycles. The average Bonchev–Trinajstić information content (AvgIpc) is 3.25. The van der Waals surface area contributed by atoms with Crippen LogP contribution in [0.4, 0.5) is 0 Å². The van der Waals surface area contributed by atoms with Gasteiger partial charge in [0, 0.05) is 0 Å². The van der Waals surface area contributed by atoms with Crippen LogP contribution in [0.2, 0.25) is 0 Å². The third-order valence-electron chi connectivity index (χ3n) is 6.23. The summed E-state index contributed by atoms with van der Waals surface area (Å²) in [5.41, 5.74) is 0. The van der Waals surface area contributed by atoms with Gasteiger partial charge >= 0.3 is 0 Å². The maximum atomic E-state index is 10.9. The number of ether oxygens (including phenoxy) is 9. The molecule has 0 amide bonds. The Morgan fingerprint density at radius 2 is 1.20 bits per heavy atom. The standard InChI is InChI=1S/C30H46O11/c1-7-13-33-20-23-25(35-15-9-3)28(38-18-12-6)30(40-23,21-34-14-8-2)41-29-27(37-17-11-5)26(36-16-10-4)24(32)22(19-31)39-29/h7-12,22-29,31-32H,1-6,13-21H2/t22-,23-,24-,25-,26+,27-,28+,29-,30+/m1/s1. The molecule has 0 aromatic heterocycles. The number of hydrogen-bond donors (Lipinski definition) is 2. The molecule has 0 unspecified atom stereocenters. The van der Waals surface area contributed by atoms with Crippen molar-refractivity contribution in [1.29, 1.82) is 0 Å². The lowest BCUT2D eigenvalue weighted by molar-refractivity contribution is -0.391. The van der Waals surface area contributed by atoms with Crippen LogP contribution in [0.3, 0.4) is 0 Å². The van der Waals surface area contributed by atoms with E-state index >= 15 is 0 Å². The first-order valence-electron chi connectivity index (χ1n) is 13.5. The molecule has 2 aliphatic heterocycles. The second-order valence-electron chi connectivity index (χ2n) is 9.23. The second kappa shape index (κ2) is 19.2. The summed E-state index contributed by atoms with van der Waals surface area (Å²) < 4.78 is 55.0. The summed E-state index contributed by atoms with van der Waals surface area (Å²) in [6, 6.07) is 0. The van der Waals surface area contributed by atoms with Crippen molar-refractivity contribution in [3.8, 4) is 0 Å². The molecule has 2 heterocycles. The van der Waals surface area contributed by atoms with Gasteiger partial charge in [0.2, 0.25) is 5.79 Å². The van der Waals surface area contributed by atoms with E-state index in [1.165, 1.54) is 6.08 Å². The number of rotatable bonds is 23. The van der Waals surface area contributed by atoms with Gasteiger partial charge in [0.15, 0.2) is 6.29 Å². The molecule has 0 aliphatic carbocycles. The highest BCUT2D eigenvalue weighted by Gasteiger charge is 2.61. The predicted octanol–water partition coefficient (Wildman–Crippen LogP) is 1.87. The Hall–Kier alpha value is -2.00. The topological polar surface area (TPSA) is 124 Å². The zero-order valence-electron chi connectivity index (χ0n) is 23.8. The molecule has 0 spiro atoms. The van der Waals surface area contributed by atoms with Gasteiger partial charge in [-0.1, -0.05) is 36.5 Å². The van der Waals surface area contributed by atoms with Gasteiger partial charge in [-0.3, -0.25) is 0 Å². The molecule has 0 bridgehead atoms. The second-order valence-corrected chi connectivity index (χ2v) is 9.23. The molecule has 0 radical (unpaired) electrons. The van der Waals surface area contributed by atoms with Crippen LogP contribution in [0.25, 0.3) is 0 Å². The van der Waals surface area contributed by atoms with Crippen molar-refractivity contribution >= 4 is 0 Å². The van der Waals surface area contributed by atoms with Gasteiger partial charge < -0.3 is 52.8 Å². The van der Waals surface area contributed by atoms with E-state index in [0.717, 1.165) is 0 Å². The molecule has 9 atom stereocenters. The summed E-state index contributed by atoms with van der Waals surface area (Å²) in [6.07, 6.45) is 1.82. The van der Waals surface area contributed by atoms with E-state index < -0.39 is 61.4 Å². The van der Waals surface area contributed by atoms with Crippen molar-refractivity contribution in [2.45, 2.75) is 54.8 Å². The summed E-state index contributed by atoms with van der Waals surface area (Å²) in [5, 5.41) is 21.0. The predicted molar refractivity (Wildman–Crippen MR) is 152 cm³/mol. The first kappa shape index (κ1) is 35.2. The van der Waals surface area contributed by atoms with Crippen molar-refractivity contribution in [2.75, 3.05) is 59.5 Å². The normalized spacial score (nSPS) is 33.2. The molecule has 2 saturated heterocycles. The van der Waals surface area contributed by atoms with Crippen LogP contribution < -0.4 is 0 Å². The zero-order valence-corrected chi connectivity index (χ0v) is 23.8. The van der Waals surface area contributed by atoms with Crippen LogP contribution in [0.5, 0.6) is 0 Å². The van der Waals surface area contributed by atoms with Crippen molar-refractivity contribution in [3.05, 3.63) is 75.9 Å². The molecule has 2 fully saturated rings. The number of aliphatic hydroxyl groups is 2. The van der Waals surface area contributed by atoms with E-state index in [4.69, 9.17) is 42.6 Å². The first-order valence-corrected chi connectivity index (χ1v) is 13.5. The lowest BCUT2D eigenvalue weighted by Crippen LogP contribution is -2.64. The Bertz CT molecular complexity index is 820. The third kappa shape index (κ3) is 9.77. The Kier molecular flexibility index (Phi) is 16.5. The van der Waals surface area contributed by atoms with Gasteiger partial charge in [-0.2, -0.15) is 0 Å². The smallest absolute Gasteiger partial charge is 0.224 e. The first-order chi connectivity index (χ1) is 20.0. The summed E-state index contributed by atoms with van der Waals surface area (Å²) in [4.78, 5) is 0. The van der Waals surface area contributed by atoms with Crippen LogP contribution in [0.1, 0.15) is 0 Å². The fourth-order valence-electron chi connectivity index (χ4n) is 4.59. The summed E-state index contributed by atoms with van der Waals surface area (Å²) >= 11 is 0. The highest BCUT2D eigenvalue weighted by Crippen LogP contribution is 2.40. The quantitative estimate of drug-likeness (QED) is 0.136. The monoisotopic (exact) mass is 582 g/mol. The lowest BCUT2D eigenvalue weighted by atomic mass is 9.98. The van der Waals surface area contributed by atoms with E-state index in [9.17, 15) is 10.2 Å². The summed E-state index contributed by atoms with van der Waals surface area (Å²) in [6.45, 7) is 22.8. The maximum Gasteiger partial charge on any atom is 0.224 e. The Balaban J connectivity index is 2.56. The van der Waals surface area contributed by atoms with Crippen LogP contribution in [-0.4, -0.2) is 124 Å². The largest absolute Gasteiger partial charge is 0.394 e. The molecule has 11 nitrogen and oxygen atoms in total. The van der Waals surface area contributed by atoms with Gasteiger partial charge in [0.25, 0.3) is 0 Å². The van der Waals surface area contributed by atoms with Gasteiger partial charge in [-0.15, -0.1) is 39.5 Å². The molecular weight excluding hydrogens is 536 g/mol. The molecule has 11 heteroatoms. The number of hydrogen-bond acceptors (Lipinski definition) is 11. The highest BCUT2D eigenvalue weighted by molar-refractivity contribution is 5.02. The minimum Gasteiger partial charge on any atom is -0.394 e. The van der Waals surface area contributed by atoms with Crippen molar-refractivity contribution in [1.82, 2.24) is 0 Å². The Morgan fingerprint density at radius 3 is 1.78 bits per heavy atom. The average molecular weight is 583 g/mol. The fourth-order valence-corrected chi connectivity index (χ4v) is 4.59. The lowest BCUT2D eigenvalue weighted by Gasteiger charge is -2.46.